The monoisotopic (exact) mass is 106 g/mol. The minimum Gasteiger partial charge on any atom is -0.389 e. The van der Waals surface area contributed by atoms with E-state index in [0.717, 1.165) is 0 Å². The van der Waals surface area contributed by atoms with Gasteiger partial charge in [0.15, 0.2) is 0 Å². The SMILES string of the molecule is NNC(=S)CO. The lowest BCUT2D eigenvalue weighted by atomic mass is 10.7. The van der Waals surface area contributed by atoms with Crippen LogP contribution in [-0.4, -0.2) is 16.7 Å². The predicted molar refractivity (Wildman–Crippen MR) is 27.0 cm³/mol. The fourth-order valence-electron chi connectivity index (χ4n) is 0.0456. The molecule has 6 heavy (non-hydrogen) atoms. The van der Waals surface area contributed by atoms with Crippen LogP contribution in [0, 0.1) is 0 Å². The Labute approximate surface area is 41.1 Å². The van der Waals surface area contributed by atoms with Crippen LogP contribution < -0.4 is 11.3 Å². The highest BCUT2D eigenvalue weighted by Crippen LogP contribution is 1.58. The van der Waals surface area contributed by atoms with Gasteiger partial charge < -0.3 is 10.5 Å². The van der Waals surface area contributed by atoms with Crippen molar-refractivity contribution >= 4 is 17.2 Å². The third-order valence-electron chi connectivity index (χ3n) is 0.305. The molecule has 0 atom stereocenters. The minimum atomic E-state index is -0.175. The molecule has 36 valence electrons. The zero-order valence-electron chi connectivity index (χ0n) is 3.14. The molecule has 0 aliphatic rings. The summed E-state index contributed by atoms with van der Waals surface area (Å²) in [6.07, 6.45) is 0. The van der Waals surface area contributed by atoms with Gasteiger partial charge in [0.2, 0.25) is 0 Å². The van der Waals surface area contributed by atoms with Crippen molar-refractivity contribution in [1.82, 2.24) is 5.43 Å². The second-order valence-electron chi connectivity index (χ2n) is 0.726. The van der Waals surface area contributed by atoms with E-state index in [1.807, 2.05) is 0 Å². The molecule has 0 aliphatic carbocycles. The third kappa shape index (κ3) is 2.07. The molecule has 0 radical (unpaired) electrons. The van der Waals surface area contributed by atoms with Gasteiger partial charge >= 0.3 is 0 Å². The quantitative estimate of drug-likeness (QED) is 0.222. The Kier molecular flexibility index (Phi) is 2.92. The normalized spacial score (nSPS) is 7.67. The van der Waals surface area contributed by atoms with Gasteiger partial charge in [-0.1, -0.05) is 12.2 Å². The highest BCUT2D eigenvalue weighted by atomic mass is 32.1. The minimum absolute atomic E-state index is 0.175. The molecule has 3 nitrogen and oxygen atoms in total. The first kappa shape index (κ1) is 5.81. The van der Waals surface area contributed by atoms with E-state index in [1.54, 1.807) is 0 Å². The van der Waals surface area contributed by atoms with Crippen molar-refractivity contribution in [1.29, 1.82) is 0 Å². The largest absolute Gasteiger partial charge is 0.389 e. The van der Waals surface area contributed by atoms with Gasteiger partial charge in [0.05, 0.1) is 6.61 Å². The first-order valence-corrected chi connectivity index (χ1v) is 1.82. The molecule has 4 N–H and O–H groups in total. The van der Waals surface area contributed by atoms with E-state index in [-0.39, 0.29) is 11.6 Å². The second kappa shape index (κ2) is 3.02. The molecule has 0 amide bonds. The molecule has 4 heteroatoms. The number of rotatable bonds is 1. The van der Waals surface area contributed by atoms with E-state index in [0.29, 0.717) is 0 Å². The molecule has 0 saturated carbocycles. The predicted octanol–water partition coefficient (Wildman–Crippen LogP) is -1.23. The summed E-state index contributed by atoms with van der Waals surface area (Å²) in [5.41, 5.74) is 2.10. The van der Waals surface area contributed by atoms with Gasteiger partial charge in [0, 0.05) is 0 Å². The third-order valence-corrected chi connectivity index (χ3v) is 0.552. The highest BCUT2D eigenvalue weighted by Gasteiger charge is 1.80. The number of aliphatic hydroxyl groups is 1. The molecular weight excluding hydrogens is 100 g/mol. The van der Waals surface area contributed by atoms with Crippen LogP contribution in [0.25, 0.3) is 0 Å². The topological polar surface area (TPSA) is 58.3 Å². The summed E-state index contributed by atoms with van der Waals surface area (Å²) in [5.74, 6) is 4.73. The Hall–Kier alpha value is -0.190. The number of hydrogen-bond donors (Lipinski definition) is 3. The van der Waals surface area contributed by atoms with Crippen molar-refractivity contribution in [3.8, 4) is 0 Å². The Bertz CT molecular complexity index is 49.5. The first-order chi connectivity index (χ1) is 2.81. The van der Waals surface area contributed by atoms with Crippen LogP contribution in [0.5, 0.6) is 0 Å². The van der Waals surface area contributed by atoms with Crippen molar-refractivity contribution in [3.05, 3.63) is 0 Å². The molecule has 0 aromatic heterocycles. The van der Waals surface area contributed by atoms with Gasteiger partial charge in [-0.25, -0.2) is 5.84 Å². The fraction of sp³-hybridized carbons (Fsp3) is 0.500. The molecule has 0 saturated heterocycles. The number of nitrogens with one attached hydrogen (secondary N) is 1. The number of hydrazine groups is 1. The number of thiocarbonyl (C=S) groups is 1. The van der Waals surface area contributed by atoms with Crippen molar-refractivity contribution < 1.29 is 5.11 Å². The molecule has 0 unspecified atom stereocenters. The summed E-state index contributed by atoms with van der Waals surface area (Å²) in [5, 5.41) is 8.05. The maximum atomic E-state index is 8.05. The summed E-state index contributed by atoms with van der Waals surface area (Å²) in [6, 6.07) is 0. The van der Waals surface area contributed by atoms with E-state index < -0.39 is 0 Å². The van der Waals surface area contributed by atoms with Gasteiger partial charge in [0.25, 0.3) is 0 Å². The lowest BCUT2D eigenvalue weighted by molar-refractivity contribution is 0.356. The Balaban J connectivity index is 2.99. The summed E-state index contributed by atoms with van der Waals surface area (Å²) >= 11 is 4.37. The lowest BCUT2D eigenvalue weighted by Crippen LogP contribution is -2.30. The van der Waals surface area contributed by atoms with Crippen LogP contribution in [-0.2, 0) is 0 Å². The number of hydrogen-bond acceptors (Lipinski definition) is 3. The van der Waals surface area contributed by atoms with Crippen LogP contribution in [0.15, 0.2) is 0 Å². The number of aliphatic hydroxyl groups excluding tert-OH is 1. The smallest absolute Gasteiger partial charge is 0.115 e. The van der Waals surface area contributed by atoms with Crippen LogP contribution in [0.4, 0.5) is 0 Å². The zero-order chi connectivity index (χ0) is 4.99. The molecule has 0 aromatic carbocycles. The Morgan fingerprint density at radius 1 is 2.00 bits per heavy atom. The molecule has 0 aromatic rings. The van der Waals surface area contributed by atoms with Crippen LogP contribution in [0.2, 0.25) is 0 Å². The maximum Gasteiger partial charge on any atom is 0.115 e. The second-order valence-corrected chi connectivity index (χ2v) is 1.22. The highest BCUT2D eigenvalue weighted by molar-refractivity contribution is 7.80. The van der Waals surface area contributed by atoms with Crippen molar-refractivity contribution in [3.63, 3.8) is 0 Å². The fourth-order valence-corrected chi connectivity index (χ4v) is 0.0456. The molecule has 0 rings (SSSR count). The van der Waals surface area contributed by atoms with E-state index in [1.165, 1.54) is 0 Å². The van der Waals surface area contributed by atoms with Gasteiger partial charge in [-0.15, -0.1) is 0 Å². The van der Waals surface area contributed by atoms with Gasteiger partial charge in [0.1, 0.15) is 4.99 Å². The average molecular weight is 106 g/mol. The van der Waals surface area contributed by atoms with E-state index in [4.69, 9.17) is 10.9 Å². The summed E-state index contributed by atoms with van der Waals surface area (Å²) in [6.45, 7) is -0.175. The standard InChI is InChI=1S/C2H6N2OS/c3-4-2(6)1-5/h5H,1,3H2,(H,4,6). The lowest BCUT2D eigenvalue weighted by Gasteiger charge is -1.91. The van der Waals surface area contributed by atoms with E-state index in [2.05, 4.69) is 17.6 Å². The maximum absolute atomic E-state index is 8.05. The summed E-state index contributed by atoms with van der Waals surface area (Å²) < 4.78 is 0. The van der Waals surface area contributed by atoms with Crippen LogP contribution in [0.1, 0.15) is 0 Å². The molecule has 0 heterocycles. The van der Waals surface area contributed by atoms with Crippen molar-refractivity contribution in [2.24, 2.45) is 5.84 Å². The molecular formula is C2H6N2OS. The molecule has 0 bridgehead atoms. The Morgan fingerprint density at radius 3 is 2.50 bits per heavy atom. The molecule has 0 fully saturated rings. The molecule has 0 aliphatic heterocycles. The average Bonchev–Trinajstić information content (AvgIpc) is 1.65. The summed E-state index contributed by atoms with van der Waals surface area (Å²) in [4.78, 5) is 0.259. The van der Waals surface area contributed by atoms with Gasteiger partial charge in [-0.3, -0.25) is 0 Å². The Morgan fingerprint density at radius 2 is 2.50 bits per heavy atom. The van der Waals surface area contributed by atoms with E-state index >= 15 is 0 Å². The molecule has 0 spiro atoms. The first-order valence-electron chi connectivity index (χ1n) is 1.41. The zero-order valence-corrected chi connectivity index (χ0v) is 3.96. The summed E-state index contributed by atoms with van der Waals surface area (Å²) in [7, 11) is 0. The van der Waals surface area contributed by atoms with Crippen LogP contribution >= 0.6 is 12.2 Å². The number of nitrogens with two attached hydrogens (primary N) is 1. The van der Waals surface area contributed by atoms with Gasteiger partial charge in [-0.05, 0) is 0 Å². The van der Waals surface area contributed by atoms with Crippen molar-refractivity contribution in [2.75, 3.05) is 6.61 Å². The van der Waals surface area contributed by atoms with Gasteiger partial charge in [-0.2, -0.15) is 0 Å². The van der Waals surface area contributed by atoms with Crippen LogP contribution in [0.3, 0.4) is 0 Å². The van der Waals surface area contributed by atoms with E-state index in [9.17, 15) is 0 Å². The van der Waals surface area contributed by atoms with Crippen molar-refractivity contribution in [2.45, 2.75) is 0 Å².